The van der Waals surface area contributed by atoms with Crippen LogP contribution in [-0.4, -0.2) is 25.2 Å². The maximum absolute atomic E-state index is 12.6. The van der Waals surface area contributed by atoms with E-state index in [1.165, 1.54) is 16.6 Å². The van der Waals surface area contributed by atoms with Crippen molar-refractivity contribution in [1.82, 2.24) is 10.2 Å². The first kappa shape index (κ1) is 12.2. The molecule has 0 aliphatic carbocycles. The van der Waals surface area contributed by atoms with Crippen molar-refractivity contribution in [3.05, 3.63) is 41.6 Å². The minimum atomic E-state index is -3.54. The third-order valence-electron chi connectivity index (χ3n) is 3.42. The lowest BCUT2D eigenvalue weighted by Crippen LogP contribution is -2.36. The topological polar surface area (TPSA) is 66.1 Å². The lowest BCUT2D eigenvalue weighted by atomic mass is 10.0. The number of aryl methyl sites for hydroxylation is 2. The Morgan fingerprint density at radius 1 is 1.32 bits per heavy atom. The van der Waals surface area contributed by atoms with Gasteiger partial charge in [-0.25, -0.2) is 0 Å². The SMILES string of the molecule is Cc1cccc2c1N(S(=O)(=O)c1ccn[nH]1)CCC2. The Hall–Kier alpha value is -1.82. The fourth-order valence-electron chi connectivity index (χ4n) is 2.55. The van der Waals surface area contributed by atoms with Crippen LogP contribution in [0.25, 0.3) is 0 Å². The molecular formula is C13H15N3O2S. The summed E-state index contributed by atoms with van der Waals surface area (Å²) in [6.45, 7) is 2.46. The van der Waals surface area contributed by atoms with Gasteiger partial charge in [0.25, 0.3) is 10.0 Å². The molecule has 6 heteroatoms. The molecule has 1 aliphatic heterocycles. The minimum absolute atomic E-state index is 0.142. The van der Waals surface area contributed by atoms with Crippen molar-refractivity contribution in [2.45, 2.75) is 24.8 Å². The highest BCUT2D eigenvalue weighted by molar-refractivity contribution is 7.92. The van der Waals surface area contributed by atoms with Crippen LogP contribution < -0.4 is 4.31 Å². The summed E-state index contributed by atoms with van der Waals surface area (Å²) in [5.41, 5.74) is 2.90. The van der Waals surface area contributed by atoms with Gasteiger partial charge in [-0.05, 0) is 37.0 Å². The van der Waals surface area contributed by atoms with Crippen LogP contribution in [0, 0.1) is 6.92 Å². The Balaban J connectivity index is 2.15. The number of benzene rings is 1. The van der Waals surface area contributed by atoms with Crippen molar-refractivity contribution >= 4 is 15.7 Å². The quantitative estimate of drug-likeness (QED) is 0.911. The van der Waals surface area contributed by atoms with E-state index in [2.05, 4.69) is 10.2 Å². The van der Waals surface area contributed by atoms with Crippen LogP contribution in [-0.2, 0) is 16.4 Å². The van der Waals surface area contributed by atoms with E-state index in [4.69, 9.17) is 0 Å². The normalized spacial score (nSPS) is 15.3. The zero-order chi connectivity index (χ0) is 13.5. The van der Waals surface area contributed by atoms with Crippen molar-refractivity contribution in [1.29, 1.82) is 0 Å². The molecule has 0 saturated carbocycles. The van der Waals surface area contributed by atoms with E-state index in [-0.39, 0.29) is 5.03 Å². The number of aromatic amines is 1. The first-order valence-electron chi connectivity index (χ1n) is 6.21. The van der Waals surface area contributed by atoms with Crippen LogP contribution >= 0.6 is 0 Å². The molecule has 0 radical (unpaired) electrons. The highest BCUT2D eigenvalue weighted by Crippen LogP contribution is 2.34. The smallest absolute Gasteiger partial charge is 0.266 e. The summed E-state index contributed by atoms with van der Waals surface area (Å²) in [5, 5.41) is 6.42. The lowest BCUT2D eigenvalue weighted by molar-refractivity contribution is 0.582. The molecule has 1 N–H and O–H groups in total. The number of para-hydroxylation sites is 1. The van der Waals surface area contributed by atoms with Gasteiger partial charge in [0.1, 0.15) is 0 Å². The van der Waals surface area contributed by atoms with Crippen molar-refractivity contribution in [2.24, 2.45) is 0 Å². The number of sulfonamides is 1. The van der Waals surface area contributed by atoms with E-state index in [0.717, 1.165) is 29.7 Å². The summed E-state index contributed by atoms with van der Waals surface area (Å²) in [6.07, 6.45) is 3.21. The zero-order valence-corrected chi connectivity index (χ0v) is 11.4. The number of hydrogen-bond acceptors (Lipinski definition) is 3. The number of anilines is 1. The number of nitrogens with zero attached hydrogens (tertiary/aromatic N) is 2. The van der Waals surface area contributed by atoms with Gasteiger partial charge in [0, 0.05) is 6.54 Å². The monoisotopic (exact) mass is 277 g/mol. The number of hydrogen-bond donors (Lipinski definition) is 1. The number of rotatable bonds is 2. The van der Waals surface area contributed by atoms with Gasteiger partial charge in [0.15, 0.2) is 5.03 Å². The largest absolute Gasteiger partial charge is 0.281 e. The number of H-pyrrole nitrogens is 1. The van der Waals surface area contributed by atoms with Crippen LogP contribution in [0.5, 0.6) is 0 Å². The van der Waals surface area contributed by atoms with Gasteiger partial charge in [0.2, 0.25) is 0 Å². The highest BCUT2D eigenvalue weighted by atomic mass is 32.2. The van der Waals surface area contributed by atoms with Gasteiger partial charge >= 0.3 is 0 Å². The lowest BCUT2D eigenvalue weighted by Gasteiger charge is -2.31. The molecule has 0 saturated heterocycles. The summed E-state index contributed by atoms with van der Waals surface area (Å²) < 4.78 is 26.7. The number of fused-ring (bicyclic) bond motifs is 1. The summed E-state index contributed by atoms with van der Waals surface area (Å²) in [6, 6.07) is 7.40. The average molecular weight is 277 g/mol. The fraction of sp³-hybridized carbons (Fsp3) is 0.308. The van der Waals surface area contributed by atoms with E-state index in [1.807, 2.05) is 25.1 Å². The molecule has 2 heterocycles. The predicted molar refractivity (Wildman–Crippen MR) is 72.6 cm³/mol. The van der Waals surface area contributed by atoms with E-state index in [1.54, 1.807) is 0 Å². The maximum atomic E-state index is 12.6. The summed E-state index contributed by atoms with van der Waals surface area (Å²) in [5.74, 6) is 0. The second-order valence-electron chi connectivity index (χ2n) is 4.68. The molecule has 1 aromatic carbocycles. The molecule has 0 unspecified atom stereocenters. The van der Waals surface area contributed by atoms with Gasteiger partial charge in [-0.15, -0.1) is 0 Å². The molecule has 100 valence electrons. The third kappa shape index (κ3) is 1.92. The summed E-state index contributed by atoms with van der Waals surface area (Å²) in [4.78, 5) is 0. The number of aromatic nitrogens is 2. The van der Waals surface area contributed by atoms with Crippen LogP contribution in [0.15, 0.2) is 35.5 Å². The first-order valence-corrected chi connectivity index (χ1v) is 7.65. The van der Waals surface area contributed by atoms with Gasteiger partial charge in [-0.2, -0.15) is 13.5 Å². The average Bonchev–Trinajstić information content (AvgIpc) is 2.93. The molecule has 0 fully saturated rings. The molecule has 0 spiro atoms. The molecule has 1 aromatic heterocycles. The molecule has 2 aromatic rings. The molecule has 19 heavy (non-hydrogen) atoms. The van der Waals surface area contributed by atoms with E-state index in [9.17, 15) is 8.42 Å². The second kappa shape index (κ2) is 4.38. The van der Waals surface area contributed by atoms with Crippen molar-refractivity contribution in [3.63, 3.8) is 0 Å². The second-order valence-corrected chi connectivity index (χ2v) is 6.51. The van der Waals surface area contributed by atoms with Gasteiger partial charge in [0.05, 0.1) is 11.9 Å². The highest BCUT2D eigenvalue weighted by Gasteiger charge is 2.30. The fourth-order valence-corrected chi connectivity index (χ4v) is 4.06. The molecule has 0 amide bonds. The molecule has 0 bridgehead atoms. The van der Waals surface area contributed by atoms with E-state index < -0.39 is 10.0 Å². The Bertz CT molecular complexity index is 693. The molecule has 0 atom stereocenters. The Morgan fingerprint density at radius 2 is 2.16 bits per heavy atom. The van der Waals surface area contributed by atoms with E-state index in [0.29, 0.717) is 6.54 Å². The zero-order valence-electron chi connectivity index (χ0n) is 10.6. The number of nitrogens with one attached hydrogen (secondary N) is 1. The standard InChI is InChI=1S/C13H15N3O2S/c1-10-4-2-5-11-6-3-9-16(13(10)11)19(17,18)12-7-8-14-15-12/h2,4-5,7-8H,3,6,9H2,1H3,(H,14,15). The van der Waals surface area contributed by atoms with Crippen LogP contribution in [0.3, 0.4) is 0 Å². The molecule has 3 rings (SSSR count). The van der Waals surface area contributed by atoms with Crippen LogP contribution in [0.2, 0.25) is 0 Å². The van der Waals surface area contributed by atoms with E-state index >= 15 is 0 Å². The van der Waals surface area contributed by atoms with Crippen LogP contribution in [0.1, 0.15) is 17.5 Å². The minimum Gasteiger partial charge on any atom is -0.266 e. The van der Waals surface area contributed by atoms with Crippen LogP contribution in [0.4, 0.5) is 5.69 Å². The van der Waals surface area contributed by atoms with Crippen molar-refractivity contribution in [2.75, 3.05) is 10.8 Å². The molecule has 5 nitrogen and oxygen atoms in total. The van der Waals surface area contributed by atoms with Gasteiger partial charge in [-0.3, -0.25) is 9.40 Å². The van der Waals surface area contributed by atoms with Gasteiger partial charge in [-0.1, -0.05) is 18.2 Å². The first-order chi connectivity index (χ1) is 9.10. The summed E-state index contributed by atoms with van der Waals surface area (Å²) >= 11 is 0. The molecule has 1 aliphatic rings. The third-order valence-corrected chi connectivity index (χ3v) is 5.15. The Morgan fingerprint density at radius 3 is 2.89 bits per heavy atom. The maximum Gasteiger partial charge on any atom is 0.281 e. The Labute approximate surface area is 112 Å². The molecular weight excluding hydrogens is 262 g/mol. The predicted octanol–water partition coefficient (Wildman–Crippen LogP) is 1.86. The van der Waals surface area contributed by atoms with Crippen molar-refractivity contribution in [3.8, 4) is 0 Å². The van der Waals surface area contributed by atoms with Gasteiger partial charge < -0.3 is 0 Å². The summed E-state index contributed by atoms with van der Waals surface area (Å²) in [7, 11) is -3.54. The Kier molecular flexibility index (Phi) is 2.82. The van der Waals surface area contributed by atoms with Crippen molar-refractivity contribution < 1.29 is 8.42 Å².